The van der Waals surface area contributed by atoms with Crippen molar-refractivity contribution < 1.29 is 9.53 Å². The molecule has 84 valence electrons. The fraction of sp³-hybridized carbons (Fsp3) is 0.273. The molecule has 2 heterocycles. The van der Waals surface area contributed by atoms with E-state index in [1.807, 2.05) is 17.5 Å². The van der Waals surface area contributed by atoms with Gasteiger partial charge < -0.3 is 10.1 Å². The van der Waals surface area contributed by atoms with Crippen LogP contribution in [0.15, 0.2) is 23.7 Å². The summed E-state index contributed by atoms with van der Waals surface area (Å²) in [6, 6.07) is 3.86. The molecule has 4 nitrogen and oxygen atoms in total. The summed E-state index contributed by atoms with van der Waals surface area (Å²) in [5.41, 5.74) is 1.65. The van der Waals surface area contributed by atoms with Gasteiger partial charge in [-0.2, -0.15) is 0 Å². The number of hydrogen-bond donors (Lipinski definition) is 1. The summed E-state index contributed by atoms with van der Waals surface area (Å²) in [6.07, 6.45) is 1.19. The first kappa shape index (κ1) is 11.0. The van der Waals surface area contributed by atoms with Crippen molar-refractivity contribution in [3.63, 3.8) is 0 Å². The van der Waals surface area contributed by atoms with E-state index in [4.69, 9.17) is 4.74 Å². The molecule has 0 radical (unpaired) electrons. The van der Waals surface area contributed by atoms with Gasteiger partial charge in [-0.15, -0.1) is 11.3 Å². The van der Waals surface area contributed by atoms with Crippen molar-refractivity contribution in [2.45, 2.75) is 13.0 Å². The van der Waals surface area contributed by atoms with Crippen molar-refractivity contribution in [2.24, 2.45) is 0 Å². The van der Waals surface area contributed by atoms with Crippen LogP contribution < -0.4 is 5.32 Å². The number of carbonyl (C=O) groups excluding carboxylic acids is 1. The largest absolute Gasteiger partial charge is 0.372 e. The zero-order chi connectivity index (χ0) is 11.5. The van der Waals surface area contributed by atoms with Gasteiger partial charge >= 0.3 is 0 Å². The normalized spacial score (nSPS) is 12.6. The van der Waals surface area contributed by atoms with Gasteiger partial charge in [0, 0.05) is 7.11 Å². The molecule has 1 unspecified atom stereocenters. The Balaban J connectivity index is 2.17. The molecule has 5 heteroatoms. The molecule has 0 aliphatic heterocycles. The summed E-state index contributed by atoms with van der Waals surface area (Å²) in [7, 11) is 1.50. The average Bonchev–Trinajstić information content (AvgIpc) is 2.75. The molecule has 0 spiro atoms. The van der Waals surface area contributed by atoms with Gasteiger partial charge in [-0.1, -0.05) is 0 Å². The van der Waals surface area contributed by atoms with Crippen LogP contribution in [0.4, 0.5) is 5.69 Å². The summed E-state index contributed by atoms with van der Waals surface area (Å²) in [5.74, 6) is -0.166. The lowest BCUT2D eigenvalue weighted by molar-refractivity contribution is -0.124. The summed E-state index contributed by atoms with van der Waals surface area (Å²) >= 11 is 1.60. The van der Waals surface area contributed by atoms with Crippen LogP contribution in [0.2, 0.25) is 0 Å². The quantitative estimate of drug-likeness (QED) is 0.889. The molecule has 0 aromatic carbocycles. The highest BCUT2D eigenvalue weighted by atomic mass is 32.1. The first-order valence-electron chi connectivity index (χ1n) is 4.87. The fourth-order valence-corrected chi connectivity index (χ4v) is 2.05. The van der Waals surface area contributed by atoms with Crippen LogP contribution in [0.5, 0.6) is 0 Å². The second-order valence-electron chi connectivity index (χ2n) is 3.40. The Morgan fingerprint density at radius 3 is 3.19 bits per heavy atom. The van der Waals surface area contributed by atoms with E-state index in [1.165, 1.54) is 7.11 Å². The first-order chi connectivity index (χ1) is 7.70. The lowest BCUT2D eigenvalue weighted by Crippen LogP contribution is -2.26. The predicted octanol–water partition coefficient (Wildman–Crippen LogP) is 2.27. The number of ether oxygens (including phenoxy) is 1. The van der Waals surface area contributed by atoms with Gasteiger partial charge in [0.2, 0.25) is 0 Å². The van der Waals surface area contributed by atoms with Gasteiger partial charge in [0.1, 0.15) is 6.10 Å². The fourth-order valence-electron chi connectivity index (χ4n) is 1.27. The first-order valence-corrected chi connectivity index (χ1v) is 5.75. The molecule has 2 aromatic rings. The number of methoxy groups -OCH3 is 1. The molecule has 0 saturated heterocycles. The smallest absolute Gasteiger partial charge is 0.253 e. The van der Waals surface area contributed by atoms with Crippen LogP contribution >= 0.6 is 11.3 Å². The lowest BCUT2D eigenvalue weighted by Gasteiger charge is -2.09. The number of nitrogens with zero attached hydrogens (tertiary/aromatic N) is 1. The monoisotopic (exact) mass is 236 g/mol. The summed E-state index contributed by atoms with van der Waals surface area (Å²) in [5, 5.41) is 4.73. The van der Waals surface area contributed by atoms with Crippen molar-refractivity contribution in [1.29, 1.82) is 0 Å². The average molecular weight is 236 g/mol. The maximum atomic E-state index is 11.6. The van der Waals surface area contributed by atoms with Crippen LogP contribution in [0, 0.1) is 0 Å². The number of hydrogen-bond acceptors (Lipinski definition) is 4. The van der Waals surface area contributed by atoms with E-state index in [9.17, 15) is 4.79 Å². The standard InChI is InChI=1S/C11H12N2O2S/c1-7(15-2)11(14)13-8-5-10-9(12-6-8)3-4-16-10/h3-7H,1-2H3,(H,13,14). The number of aromatic nitrogens is 1. The number of rotatable bonds is 3. The lowest BCUT2D eigenvalue weighted by atomic mass is 10.3. The van der Waals surface area contributed by atoms with Crippen molar-refractivity contribution in [2.75, 3.05) is 12.4 Å². The van der Waals surface area contributed by atoms with E-state index in [2.05, 4.69) is 10.3 Å². The molecule has 0 aliphatic rings. The van der Waals surface area contributed by atoms with E-state index in [1.54, 1.807) is 24.5 Å². The van der Waals surface area contributed by atoms with Crippen LogP contribution in [-0.4, -0.2) is 24.1 Å². The maximum Gasteiger partial charge on any atom is 0.253 e. The predicted molar refractivity (Wildman–Crippen MR) is 64.7 cm³/mol. The van der Waals surface area contributed by atoms with Gasteiger partial charge in [0.15, 0.2) is 0 Å². The van der Waals surface area contributed by atoms with Gasteiger partial charge in [-0.3, -0.25) is 9.78 Å². The number of amides is 1. The minimum absolute atomic E-state index is 0.166. The third kappa shape index (κ3) is 2.20. The summed E-state index contributed by atoms with van der Waals surface area (Å²) in [4.78, 5) is 15.8. The number of anilines is 1. The minimum atomic E-state index is -0.459. The molecule has 2 rings (SSSR count). The van der Waals surface area contributed by atoms with Crippen LogP contribution in [-0.2, 0) is 9.53 Å². The van der Waals surface area contributed by atoms with Crippen molar-refractivity contribution in [1.82, 2.24) is 4.98 Å². The number of pyridine rings is 1. The third-order valence-electron chi connectivity index (χ3n) is 2.29. The topological polar surface area (TPSA) is 51.2 Å². The number of thiophene rings is 1. The third-order valence-corrected chi connectivity index (χ3v) is 3.15. The van der Waals surface area contributed by atoms with Crippen LogP contribution in [0.3, 0.4) is 0 Å². The molecular formula is C11H12N2O2S. The van der Waals surface area contributed by atoms with Gasteiger partial charge in [-0.25, -0.2) is 0 Å². The molecule has 0 aliphatic carbocycles. The van der Waals surface area contributed by atoms with Gasteiger partial charge in [-0.05, 0) is 24.4 Å². The van der Waals surface area contributed by atoms with E-state index < -0.39 is 6.10 Å². The highest BCUT2D eigenvalue weighted by Gasteiger charge is 2.11. The Kier molecular flexibility index (Phi) is 3.17. The Morgan fingerprint density at radius 2 is 2.44 bits per heavy atom. The van der Waals surface area contributed by atoms with Crippen molar-refractivity contribution in [3.8, 4) is 0 Å². The Morgan fingerprint density at radius 1 is 1.62 bits per heavy atom. The molecular weight excluding hydrogens is 224 g/mol. The molecule has 1 atom stereocenters. The minimum Gasteiger partial charge on any atom is -0.372 e. The molecule has 1 amide bonds. The zero-order valence-electron chi connectivity index (χ0n) is 9.06. The van der Waals surface area contributed by atoms with E-state index >= 15 is 0 Å². The van der Waals surface area contributed by atoms with Crippen molar-refractivity contribution in [3.05, 3.63) is 23.7 Å². The Labute approximate surface area is 97.3 Å². The van der Waals surface area contributed by atoms with E-state index in [0.717, 1.165) is 10.2 Å². The van der Waals surface area contributed by atoms with Crippen LogP contribution in [0.1, 0.15) is 6.92 Å². The maximum absolute atomic E-state index is 11.6. The molecule has 0 bridgehead atoms. The second-order valence-corrected chi connectivity index (χ2v) is 4.34. The number of carbonyl (C=O) groups is 1. The van der Waals surface area contributed by atoms with Gasteiger partial charge in [0.05, 0.1) is 22.1 Å². The Bertz CT molecular complexity index is 509. The Hall–Kier alpha value is -1.46. The summed E-state index contributed by atoms with van der Waals surface area (Å²) < 4.78 is 5.99. The number of nitrogens with one attached hydrogen (secondary N) is 1. The molecule has 0 fully saturated rings. The zero-order valence-corrected chi connectivity index (χ0v) is 9.88. The molecule has 0 saturated carbocycles. The van der Waals surface area contributed by atoms with Crippen molar-refractivity contribution >= 4 is 33.1 Å². The highest BCUT2D eigenvalue weighted by molar-refractivity contribution is 7.17. The summed E-state index contributed by atoms with van der Waals surface area (Å²) in [6.45, 7) is 1.70. The van der Waals surface area contributed by atoms with Gasteiger partial charge in [0.25, 0.3) is 5.91 Å². The van der Waals surface area contributed by atoms with Crippen LogP contribution in [0.25, 0.3) is 10.2 Å². The molecule has 2 aromatic heterocycles. The highest BCUT2D eigenvalue weighted by Crippen LogP contribution is 2.21. The van der Waals surface area contributed by atoms with E-state index in [0.29, 0.717) is 5.69 Å². The number of fused-ring (bicyclic) bond motifs is 1. The SMILES string of the molecule is COC(C)C(=O)Nc1cnc2ccsc2c1. The second kappa shape index (κ2) is 4.59. The molecule has 1 N–H and O–H groups in total. The molecule has 16 heavy (non-hydrogen) atoms. The van der Waals surface area contributed by atoms with E-state index in [-0.39, 0.29) is 5.91 Å².